The van der Waals surface area contributed by atoms with E-state index in [-0.39, 0.29) is 6.10 Å². The van der Waals surface area contributed by atoms with Gasteiger partial charge in [-0.15, -0.1) is 0 Å². The summed E-state index contributed by atoms with van der Waals surface area (Å²) in [6.45, 7) is 6.15. The molecule has 0 radical (unpaired) electrons. The number of nitrogens with zero attached hydrogens (tertiary/aromatic N) is 2. The summed E-state index contributed by atoms with van der Waals surface area (Å²) in [5.41, 5.74) is 2.70. The summed E-state index contributed by atoms with van der Waals surface area (Å²) in [5.74, 6) is 2.45. The van der Waals surface area contributed by atoms with E-state index < -0.39 is 0 Å². The minimum Gasteiger partial charge on any atom is -0.492 e. The van der Waals surface area contributed by atoms with Crippen molar-refractivity contribution in [3.8, 4) is 34.3 Å². The molecule has 27 heavy (non-hydrogen) atoms. The first-order valence-electron chi connectivity index (χ1n) is 8.87. The zero-order valence-electron chi connectivity index (χ0n) is 15.2. The second kappa shape index (κ2) is 7.58. The molecule has 3 aromatic rings. The Balaban J connectivity index is 1.60. The van der Waals surface area contributed by atoms with Crippen molar-refractivity contribution in [2.45, 2.75) is 26.5 Å². The Morgan fingerprint density at radius 2 is 2.00 bits per heavy atom. The van der Waals surface area contributed by atoms with Crippen LogP contribution >= 0.6 is 11.6 Å². The lowest BCUT2D eigenvalue weighted by Gasteiger charge is -2.11. The number of fused-ring (bicyclic) bond motifs is 1. The van der Waals surface area contributed by atoms with Crippen molar-refractivity contribution < 1.29 is 14.0 Å². The van der Waals surface area contributed by atoms with Crippen LogP contribution in [0.2, 0.25) is 5.02 Å². The number of benzene rings is 2. The van der Waals surface area contributed by atoms with Crippen LogP contribution in [0.1, 0.15) is 19.4 Å². The van der Waals surface area contributed by atoms with Gasteiger partial charge in [-0.3, -0.25) is 0 Å². The quantitative estimate of drug-likeness (QED) is 0.721. The lowest BCUT2D eigenvalue weighted by Crippen LogP contribution is -2.16. The van der Waals surface area contributed by atoms with Gasteiger partial charge >= 0.3 is 0 Å². The van der Waals surface area contributed by atoms with Gasteiger partial charge in [0, 0.05) is 29.8 Å². The average Bonchev–Trinajstić information content (AvgIpc) is 3.02. The molecule has 0 saturated carbocycles. The lowest BCUT2D eigenvalue weighted by molar-refractivity contribution is 0.242. The summed E-state index contributed by atoms with van der Waals surface area (Å²) in [6, 6.07) is 11.3. The van der Waals surface area contributed by atoms with E-state index in [0.717, 1.165) is 35.5 Å². The van der Waals surface area contributed by atoms with Gasteiger partial charge in [0.25, 0.3) is 5.89 Å². The predicted octanol–water partition coefficient (Wildman–Crippen LogP) is 4.33. The molecule has 0 fully saturated rings. The van der Waals surface area contributed by atoms with Gasteiger partial charge in [0.05, 0.1) is 11.1 Å². The highest BCUT2D eigenvalue weighted by Gasteiger charge is 2.15. The maximum absolute atomic E-state index is 6.31. The van der Waals surface area contributed by atoms with Gasteiger partial charge < -0.3 is 19.3 Å². The van der Waals surface area contributed by atoms with Crippen LogP contribution in [-0.4, -0.2) is 29.4 Å². The number of aromatic nitrogens is 2. The second-order valence-electron chi connectivity index (χ2n) is 6.58. The third-order valence-corrected chi connectivity index (χ3v) is 4.43. The standard InChI is InChI=1S/C20H20ClN3O3/c1-12(2)26-18-6-4-14(10-16(18)21)20-23-19(24-27-20)13-3-5-17-15(9-13)11-22-7-8-25-17/h3-6,9-10,12,22H,7-8,11H2,1-2H3. The van der Waals surface area contributed by atoms with Gasteiger partial charge in [-0.05, 0) is 50.2 Å². The molecule has 1 aliphatic heterocycles. The topological polar surface area (TPSA) is 69.4 Å². The van der Waals surface area contributed by atoms with Crippen molar-refractivity contribution in [1.29, 1.82) is 0 Å². The molecule has 0 aliphatic carbocycles. The molecule has 0 saturated heterocycles. The Kier molecular flexibility index (Phi) is 5.01. The monoisotopic (exact) mass is 385 g/mol. The molecule has 1 aliphatic rings. The highest BCUT2D eigenvalue weighted by Crippen LogP contribution is 2.32. The first kappa shape index (κ1) is 17.8. The first-order valence-corrected chi connectivity index (χ1v) is 9.25. The minimum absolute atomic E-state index is 0.0510. The third kappa shape index (κ3) is 3.91. The fraction of sp³-hybridized carbons (Fsp3) is 0.300. The van der Waals surface area contributed by atoms with Crippen LogP contribution in [0.3, 0.4) is 0 Å². The SMILES string of the molecule is CC(C)Oc1ccc(-c2nc(-c3ccc4c(c3)CNCCO4)no2)cc1Cl. The minimum atomic E-state index is 0.0510. The number of hydrogen-bond acceptors (Lipinski definition) is 6. The van der Waals surface area contributed by atoms with Crippen molar-refractivity contribution >= 4 is 11.6 Å². The summed E-state index contributed by atoms with van der Waals surface area (Å²) in [6.07, 6.45) is 0.0510. The lowest BCUT2D eigenvalue weighted by atomic mass is 10.1. The van der Waals surface area contributed by atoms with E-state index in [1.165, 1.54) is 0 Å². The molecule has 4 rings (SSSR count). The summed E-state index contributed by atoms with van der Waals surface area (Å²) in [4.78, 5) is 4.52. The third-order valence-electron chi connectivity index (χ3n) is 4.14. The molecule has 6 nitrogen and oxygen atoms in total. The molecule has 140 valence electrons. The second-order valence-corrected chi connectivity index (χ2v) is 6.99. The maximum atomic E-state index is 6.31. The van der Waals surface area contributed by atoms with Crippen molar-refractivity contribution in [3.63, 3.8) is 0 Å². The van der Waals surface area contributed by atoms with Gasteiger partial charge in [-0.2, -0.15) is 4.98 Å². The Morgan fingerprint density at radius 3 is 2.81 bits per heavy atom. The number of halogens is 1. The van der Waals surface area contributed by atoms with Gasteiger partial charge in [0.15, 0.2) is 0 Å². The van der Waals surface area contributed by atoms with Gasteiger partial charge in [-0.1, -0.05) is 16.8 Å². The maximum Gasteiger partial charge on any atom is 0.258 e. The molecule has 0 amide bonds. The van der Waals surface area contributed by atoms with Crippen molar-refractivity contribution in [1.82, 2.24) is 15.5 Å². The van der Waals surface area contributed by atoms with Crippen LogP contribution in [0.15, 0.2) is 40.9 Å². The summed E-state index contributed by atoms with van der Waals surface area (Å²) in [7, 11) is 0. The average molecular weight is 386 g/mol. The van der Waals surface area contributed by atoms with Gasteiger partial charge in [-0.25, -0.2) is 0 Å². The van der Waals surface area contributed by atoms with Crippen LogP contribution in [0.4, 0.5) is 0 Å². The van der Waals surface area contributed by atoms with E-state index in [2.05, 4.69) is 15.5 Å². The fourth-order valence-electron chi connectivity index (χ4n) is 2.90. The molecule has 1 N–H and O–H groups in total. The molecule has 0 unspecified atom stereocenters. The Bertz CT molecular complexity index is 955. The van der Waals surface area contributed by atoms with E-state index in [9.17, 15) is 0 Å². The van der Waals surface area contributed by atoms with E-state index in [1.54, 1.807) is 6.07 Å². The van der Waals surface area contributed by atoms with Crippen molar-refractivity contribution in [2.75, 3.05) is 13.2 Å². The number of ether oxygens (including phenoxy) is 2. The van der Waals surface area contributed by atoms with E-state index >= 15 is 0 Å². The van der Waals surface area contributed by atoms with Crippen LogP contribution in [-0.2, 0) is 6.54 Å². The van der Waals surface area contributed by atoms with E-state index in [1.807, 2.05) is 44.2 Å². The van der Waals surface area contributed by atoms with Gasteiger partial charge in [0.1, 0.15) is 18.1 Å². The number of nitrogens with one attached hydrogen (secondary N) is 1. The van der Waals surface area contributed by atoms with Crippen LogP contribution in [0, 0.1) is 0 Å². The predicted molar refractivity (Wildman–Crippen MR) is 103 cm³/mol. The first-order chi connectivity index (χ1) is 13.1. The summed E-state index contributed by atoms with van der Waals surface area (Å²) in [5, 5.41) is 7.94. The normalized spacial score (nSPS) is 13.8. The summed E-state index contributed by atoms with van der Waals surface area (Å²) < 4.78 is 16.8. The Morgan fingerprint density at radius 1 is 1.15 bits per heavy atom. The molecule has 1 aromatic heterocycles. The van der Waals surface area contributed by atoms with Crippen molar-refractivity contribution in [2.24, 2.45) is 0 Å². The molecule has 0 atom stereocenters. The number of hydrogen-bond donors (Lipinski definition) is 1. The smallest absolute Gasteiger partial charge is 0.258 e. The summed E-state index contributed by atoms with van der Waals surface area (Å²) >= 11 is 6.31. The Hall–Kier alpha value is -2.57. The molecule has 2 heterocycles. The van der Waals surface area contributed by atoms with Gasteiger partial charge in [0.2, 0.25) is 5.82 Å². The van der Waals surface area contributed by atoms with Crippen LogP contribution in [0.5, 0.6) is 11.5 Å². The molecule has 7 heteroatoms. The van der Waals surface area contributed by atoms with Crippen LogP contribution < -0.4 is 14.8 Å². The van der Waals surface area contributed by atoms with E-state index in [0.29, 0.717) is 29.1 Å². The van der Waals surface area contributed by atoms with Crippen molar-refractivity contribution in [3.05, 3.63) is 47.0 Å². The zero-order valence-corrected chi connectivity index (χ0v) is 15.9. The molecular weight excluding hydrogens is 366 g/mol. The molecule has 2 aromatic carbocycles. The highest BCUT2D eigenvalue weighted by molar-refractivity contribution is 6.32. The molecule has 0 spiro atoms. The van der Waals surface area contributed by atoms with Crippen LogP contribution in [0.25, 0.3) is 22.8 Å². The molecular formula is C20H20ClN3O3. The zero-order chi connectivity index (χ0) is 18.8. The fourth-order valence-corrected chi connectivity index (χ4v) is 3.12. The highest BCUT2D eigenvalue weighted by atomic mass is 35.5. The number of rotatable bonds is 4. The Labute approximate surface area is 162 Å². The largest absolute Gasteiger partial charge is 0.492 e. The van der Waals surface area contributed by atoms with E-state index in [4.69, 9.17) is 25.6 Å². The molecule has 0 bridgehead atoms.